The standard InChI is InChI=1S/C18H18N4O8/c19-12(17(23)24)7-11-8-14(21(26)27)16(15(9-11)22(28)29)30-18(25)13(20)6-10-4-2-1-3-5-10/h1-5,8-9,12-13H,6-7,19-20H2,(H,23,24)/t12-,13-/m0/s1. The van der Waals surface area contributed by atoms with Crippen LogP contribution < -0.4 is 16.2 Å². The van der Waals surface area contributed by atoms with Crippen molar-refractivity contribution < 1.29 is 29.3 Å². The molecule has 2 atom stereocenters. The molecule has 0 spiro atoms. The summed E-state index contributed by atoms with van der Waals surface area (Å²) in [5.41, 5.74) is 10.0. The van der Waals surface area contributed by atoms with Crippen LogP contribution in [0.5, 0.6) is 5.75 Å². The monoisotopic (exact) mass is 418 g/mol. The maximum Gasteiger partial charge on any atom is 0.329 e. The zero-order valence-electron chi connectivity index (χ0n) is 15.5. The molecule has 0 amide bonds. The van der Waals surface area contributed by atoms with Crippen LogP contribution in [0.15, 0.2) is 42.5 Å². The minimum Gasteiger partial charge on any atom is -0.480 e. The highest BCUT2D eigenvalue weighted by atomic mass is 16.6. The van der Waals surface area contributed by atoms with Crippen molar-refractivity contribution in [3.05, 3.63) is 73.8 Å². The molecule has 0 heterocycles. The van der Waals surface area contributed by atoms with Crippen molar-refractivity contribution in [3.63, 3.8) is 0 Å². The predicted molar refractivity (Wildman–Crippen MR) is 103 cm³/mol. The lowest BCUT2D eigenvalue weighted by molar-refractivity contribution is -0.395. The fourth-order valence-electron chi connectivity index (χ4n) is 2.62. The van der Waals surface area contributed by atoms with Gasteiger partial charge in [0.05, 0.1) is 9.85 Å². The number of carboxylic acids is 1. The largest absolute Gasteiger partial charge is 0.480 e. The summed E-state index contributed by atoms with van der Waals surface area (Å²) >= 11 is 0. The van der Waals surface area contributed by atoms with E-state index in [-0.39, 0.29) is 12.0 Å². The van der Waals surface area contributed by atoms with Gasteiger partial charge in [0.25, 0.3) is 5.75 Å². The fraction of sp³-hybridized carbons (Fsp3) is 0.222. The minimum absolute atomic E-state index is 0.0484. The van der Waals surface area contributed by atoms with Crippen LogP contribution in [0.2, 0.25) is 0 Å². The van der Waals surface area contributed by atoms with Gasteiger partial charge in [0, 0.05) is 12.1 Å². The van der Waals surface area contributed by atoms with Crippen LogP contribution in [0.1, 0.15) is 11.1 Å². The summed E-state index contributed by atoms with van der Waals surface area (Å²) in [4.78, 5) is 44.1. The topological polar surface area (TPSA) is 202 Å². The maximum absolute atomic E-state index is 12.3. The number of ether oxygens (including phenoxy) is 1. The minimum atomic E-state index is -1.43. The Morgan fingerprint density at radius 2 is 1.43 bits per heavy atom. The lowest BCUT2D eigenvalue weighted by atomic mass is 10.0. The highest BCUT2D eigenvalue weighted by Gasteiger charge is 2.32. The second-order valence-electron chi connectivity index (χ2n) is 6.34. The molecule has 0 unspecified atom stereocenters. The molecule has 12 heteroatoms. The Morgan fingerprint density at radius 1 is 0.933 bits per heavy atom. The lowest BCUT2D eigenvalue weighted by Crippen LogP contribution is -2.36. The Morgan fingerprint density at radius 3 is 1.90 bits per heavy atom. The van der Waals surface area contributed by atoms with Gasteiger partial charge in [-0.3, -0.25) is 25.0 Å². The molecule has 2 aromatic carbocycles. The molecule has 0 aliphatic rings. The van der Waals surface area contributed by atoms with Crippen molar-refractivity contribution in [3.8, 4) is 5.75 Å². The van der Waals surface area contributed by atoms with Crippen molar-refractivity contribution in [2.24, 2.45) is 11.5 Å². The van der Waals surface area contributed by atoms with Gasteiger partial charge in [0.2, 0.25) is 0 Å². The van der Waals surface area contributed by atoms with E-state index in [0.29, 0.717) is 5.56 Å². The van der Waals surface area contributed by atoms with Gasteiger partial charge in [-0.25, -0.2) is 4.79 Å². The molecule has 0 saturated heterocycles. The number of benzene rings is 2. The van der Waals surface area contributed by atoms with Gasteiger partial charge in [-0.05, 0) is 24.0 Å². The van der Waals surface area contributed by atoms with Gasteiger partial charge in [-0.15, -0.1) is 0 Å². The quantitative estimate of drug-likeness (QED) is 0.227. The Balaban J connectivity index is 2.37. The van der Waals surface area contributed by atoms with E-state index in [0.717, 1.165) is 12.1 Å². The van der Waals surface area contributed by atoms with E-state index in [1.165, 1.54) is 0 Å². The zero-order valence-corrected chi connectivity index (χ0v) is 15.5. The van der Waals surface area contributed by atoms with E-state index < -0.39 is 57.4 Å². The first-order valence-corrected chi connectivity index (χ1v) is 8.55. The molecule has 12 nitrogen and oxygen atoms in total. The number of hydrogen-bond acceptors (Lipinski definition) is 9. The van der Waals surface area contributed by atoms with Crippen LogP contribution in [0, 0.1) is 20.2 Å². The third-order valence-corrected chi connectivity index (χ3v) is 4.08. The smallest absolute Gasteiger partial charge is 0.329 e. The number of hydrogen-bond donors (Lipinski definition) is 3. The number of nitrogens with two attached hydrogens (primary N) is 2. The van der Waals surface area contributed by atoms with Crippen LogP contribution in [0.25, 0.3) is 0 Å². The molecule has 0 aliphatic carbocycles. The Labute approximate surface area is 169 Å². The first kappa shape index (κ1) is 22.4. The van der Waals surface area contributed by atoms with Crippen molar-refractivity contribution in [2.45, 2.75) is 24.9 Å². The number of nitro groups is 2. The second-order valence-corrected chi connectivity index (χ2v) is 6.34. The van der Waals surface area contributed by atoms with E-state index >= 15 is 0 Å². The van der Waals surface area contributed by atoms with Gasteiger partial charge in [-0.2, -0.15) is 0 Å². The molecular formula is C18H18N4O8. The third-order valence-electron chi connectivity index (χ3n) is 4.08. The van der Waals surface area contributed by atoms with Crippen molar-refractivity contribution in [1.29, 1.82) is 0 Å². The molecular weight excluding hydrogens is 400 g/mol. The highest BCUT2D eigenvalue weighted by molar-refractivity contribution is 5.81. The van der Waals surface area contributed by atoms with Gasteiger partial charge in [0.1, 0.15) is 12.1 Å². The molecule has 0 bridgehead atoms. The number of nitro benzene ring substituents is 2. The van der Waals surface area contributed by atoms with Crippen LogP contribution in [-0.2, 0) is 22.4 Å². The van der Waals surface area contributed by atoms with Crippen molar-refractivity contribution in [2.75, 3.05) is 0 Å². The van der Waals surface area contributed by atoms with Gasteiger partial charge >= 0.3 is 23.3 Å². The zero-order chi connectivity index (χ0) is 22.4. The first-order valence-electron chi connectivity index (χ1n) is 8.55. The number of rotatable bonds is 9. The summed E-state index contributed by atoms with van der Waals surface area (Å²) in [6, 6.07) is 7.72. The van der Waals surface area contributed by atoms with E-state index in [9.17, 15) is 29.8 Å². The highest BCUT2D eigenvalue weighted by Crippen LogP contribution is 2.38. The molecule has 0 radical (unpaired) electrons. The summed E-state index contributed by atoms with van der Waals surface area (Å²) in [7, 11) is 0. The Bertz CT molecular complexity index is 944. The fourth-order valence-corrected chi connectivity index (χ4v) is 2.62. The number of aliphatic carboxylic acids is 1. The molecule has 2 aromatic rings. The number of carboxylic acid groups (broad SMARTS) is 1. The molecule has 0 aromatic heterocycles. The number of nitrogens with zero attached hydrogens (tertiary/aromatic N) is 2. The number of carbonyl (C=O) groups is 2. The molecule has 0 saturated carbocycles. The number of esters is 1. The summed E-state index contributed by atoms with van der Waals surface area (Å²) in [6.45, 7) is 0. The van der Waals surface area contributed by atoms with Gasteiger partial charge in [0.15, 0.2) is 0 Å². The molecule has 0 fully saturated rings. The third kappa shape index (κ3) is 5.56. The summed E-state index contributed by atoms with van der Waals surface area (Å²) in [6.07, 6.45) is -0.356. The average Bonchev–Trinajstić information content (AvgIpc) is 2.68. The Hall–Kier alpha value is -3.90. The van der Waals surface area contributed by atoms with Crippen LogP contribution >= 0.6 is 0 Å². The van der Waals surface area contributed by atoms with E-state index in [4.69, 9.17) is 21.3 Å². The summed E-state index contributed by atoms with van der Waals surface area (Å²) in [5, 5.41) is 31.7. The van der Waals surface area contributed by atoms with Crippen LogP contribution in [0.4, 0.5) is 11.4 Å². The van der Waals surface area contributed by atoms with Gasteiger partial charge in [-0.1, -0.05) is 30.3 Å². The van der Waals surface area contributed by atoms with E-state index in [1.807, 2.05) is 0 Å². The van der Waals surface area contributed by atoms with Crippen molar-refractivity contribution >= 4 is 23.3 Å². The molecule has 158 valence electrons. The SMILES string of the molecule is N[C@@H](Cc1cc([N+](=O)[O-])c(OC(=O)[C@@H](N)Cc2ccccc2)c([N+](=O)[O-])c1)C(=O)O. The normalized spacial score (nSPS) is 12.6. The van der Waals surface area contributed by atoms with Crippen molar-refractivity contribution in [1.82, 2.24) is 0 Å². The lowest BCUT2D eigenvalue weighted by Gasteiger charge is -2.13. The van der Waals surface area contributed by atoms with Gasteiger partial charge < -0.3 is 21.3 Å². The molecule has 30 heavy (non-hydrogen) atoms. The molecule has 0 aliphatic heterocycles. The van der Waals surface area contributed by atoms with Crippen LogP contribution in [-0.4, -0.2) is 39.0 Å². The Kier molecular flexibility index (Phi) is 7.12. The molecule has 5 N–H and O–H groups in total. The first-order chi connectivity index (χ1) is 14.1. The summed E-state index contributed by atoms with van der Waals surface area (Å²) < 4.78 is 4.95. The number of carbonyl (C=O) groups excluding carboxylic acids is 1. The maximum atomic E-state index is 12.3. The van der Waals surface area contributed by atoms with E-state index in [1.54, 1.807) is 30.3 Å². The van der Waals surface area contributed by atoms with E-state index in [2.05, 4.69) is 0 Å². The summed E-state index contributed by atoms with van der Waals surface area (Å²) in [5.74, 6) is -3.37. The molecule has 2 rings (SSSR count). The average molecular weight is 418 g/mol. The second kappa shape index (κ2) is 9.54. The predicted octanol–water partition coefficient (Wildman–Crippen LogP) is 0.933. The van der Waals surface area contributed by atoms with Crippen LogP contribution in [0.3, 0.4) is 0 Å².